The van der Waals surface area contributed by atoms with Gasteiger partial charge in [0.1, 0.15) is 0 Å². The van der Waals surface area contributed by atoms with E-state index in [9.17, 15) is 4.79 Å². The average Bonchev–Trinajstić information content (AvgIpc) is 3.21. The monoisotopic (exact) mass is 239 g/mol. The van der Waals surface area contributed by atoms with Gasteiger partial charge in [0.05, 0.1) is 12.5 Å². The van der Waals surface area contributed by atoms with E-state index in [-0.39, 0.29) is 11.4 Å². The Morgan fingerprint density at radius 2 is 1.88 bits per heavy atom. The highest BCUT2D eigenvalue weighted by atomic mass is 16.5. The number of rotatable bonds is 5. The zero-order valence-corrected chi connectivity index (χ0v) is 10.9. The van der Waals surface area contributed by atoms with E-state index in [4.69, 9.17) is 10.5 Å². The van der Waals surface area contributed by atoms with E-state index in [2.05, 4.69) is 0 Å². The molecule has 0 aromatic rings. The maximum absolute atomic E-state index is 12.1. The van der Waals surface area contributed by atoms with Crippen molar-refractivity contribution in [2.45, 2.75) is 51.4 Å². The third-order valence-electron chi connectivity index (χ3n) is 4.69. The smallest absolute Gasteiger partial charge is 0.313 e. The van der Waals surface area contributed by atoms with Crippen molar-refractivity contribution < 1.29 is 9.53 Å². The Balaban J connectivity index is 2.05. The van der Waals surface area contributed by atoms with Crippen LogP contribution in [0.2, 0.25) is 0 Å². The van der Waals surface area contributed by atoms with Crippen molar-refractivity contribution in [2.24, 2.45) is 23.0 Å². The van der Waals surface area contributed by atoms with Crippen LogP contribution in [0.1, 0.15) is 51.4 Å². The van der Waals surface area contributed by atoms with Gasteiger partial charge in [-0.2, -0.15) is 0 Å². The highest BCUT2D eigenvalue weighted by Gasteiger charge is 2.51. The van der Waals surface area contributed by atoms with Crippen LogP contribution in [0.4, 0.5) is 0 Å². The van der Waals surface area contributed by atoms with Gasteiger partial charge in [-0.05, 0) is 31.1 Å². The molecular formula is C14H25NO2. The second-order valence-corrected chi connectivity index (χ2v) is 5.83. The molecule has 1 unspecified atom stereocenters. The Labute approximate surface area is 104 Å². The summed E-state index contributed by atoms with van der Waals surface area (Å²) in [5.41, 5.74) is 5.58. The largest absolute Gasteiger partial charge is 0.469 e. The first-order valence-electron chi connectivity index (χ1n) is 7.01. The van der Waals surface area contributed by atoms with Crippen molar-refractivity contribution in [3.8, 4) is 0 Å². The molecule has 98 valence electrons. The van der Waals surface area contributed by atoms with Crippen molar-refractivity contribution in [3.63, 3.8) is 0 Å². The van der Waals surface area contributed by atoms with E-state index >= 15 is 0 Å². The summed E-state index contributed by atoms with van der Waals surface area (Å²) in [6, 6.07) is 0. The van der Waals surface area contributed by atoms with Gasteiger partial charge in [0.25, 0.3) is 0 Å². The zero-order valence-electron chi connectivity index (χ0n) is 10.9. The molecule has 2 N–H and O–H groups in total. The highest BCUT2D eigenvalue weighted by Crippen LogP contribution is 2.50. The van der Waals surface area contributed by atoms with Crippen LogP contribution in [0.25, 0.3) is 0 Å². The molecule has 0 aliphatic heterocycles. The molecule has 0 saturated heterocycles. The van der Waals surface area contributed by atoms with Crippen LogP contribution in [0.15, 0.2) is 0 Å². The van der Waals surface area contributed by atoms with Gasteiger partial charge < -0.3 is 10.5 Å². The van der Waals surface area contributed by atoms with Crippen LogP contribution in [0.3, 0.4) is 0 Å². The molecule has 2 aliphatic rings. The number of carbonyl (C=O) groups is 1. The van der Waals surface area contributed by atoms with E-state index < -0.39 is 0 Å². The normalized spacial score (nSPS) is 25.3. The van der Waals surface area contributed by atoms with E-state index in [0.29, 0.717) is 18.4 Å². The van der Waals surface area contributed by atoms with Crippen LogP contribution < -0.4 is 5.73 Å². The third kappa shape index (κ3) is 2.65. The number of carbonyl (C=O) groups excluding carboxylic acids is 1. The Morgan fingerprint density at radius 3 is 2.35 bits per heavy atom. The van der Waals surface area contributed by atoms with Crippen molar-refractivity contribution in [2.75, 3.05) is 13.7 Å². The van der Waals surface area contributed by atoms with Gasteiger partial charge in [0.15, 0.2) is 0 Å². The van der Waals surface area contributed by atoms with Crippen LogP contribution in [-0.2, 0) is 9.53 Å². The summed E-state index contributed by atoms with van der Waals surface area (Å²) in [7, 11) is 1.50. The fourth-order valence-electron chi connectivity index (χ4n) is 3.50. The van der Waals surface area contributed by atoms with Crippen LogP contribution in [0, 0.1) is 17.3 Å². The summed E-state index contributed by atoms with van der Waals surface area (Å²) in [4.78, 5) is 12.1. The molecular weight excluding hydrogens is 214 g/mol. The standard InChI is InChI=1S/C14H25NO2/c1-17-13(16)14(10-15,12-7-8-12)9-11-5-3-2-4-6-11/h11-12H,2-10,15H2,1H3. The lowest BCUT2D eigenvalue weighted by Crippen LogP contribution is -2.43. The molecule has 0 heterocycles. The SMILES string of the molecule is COC(=O)C(CN)(CC1CCCCC1)C1CC1. The van der Waals surface area contributed by atoms with Crippen LogP contribution in [-0.4, -0.2) is 19.6 Å². The highest BCUT2D eigenvalue weighted by molar-refractivity contribution is 5.78. The van der Waals surface area contributed by atoms with Crippen molar-refractivity contribution in [3.05, 3.63) is 0 Å². The molecule has 3 heteroatoms. The van der Waals surface area contributed by atoms with Gasteiger partial charge in [0.2, 0.25) is 0 Å². The quantitative estimate of drug-likeness (QED) is 0.750. The predicted molar refractivity (Wildman–Crippen MR) is 67.4 cm³/mol. The number of ether oxygens (including phenoxy) is 1. The number of hydrogen-bond donors (Lipinski definition) is 1. The minimum Gasteiger partial charge on any atom is -0.469 e. The summed E-state index contributed by atoms with van der Waals surface area (Å²) in [5, 5.41) is 0. The molecule has 0 aromatic heterocycles. The number of methoxy groups -OCH3 is 1. The lowest BCUT2D eigenvalue weighted by atomic mass is 9.71. The topological polar surface area (TPSA) is 52.3 Å². The molecule has 0 amide bonds. The summed E-state index contributed by atoms with van der Waals surface area (Å²) >= 11 is 0. The summed E-state index contributed by atoms with van der Waals surface area (Å²) in [5.74, 6) is 1.11. The van der Waals surface area contributed by atoms with Crippen LogP contribution >= 0.6 is 0 Å². The second kappa shape index (κ2) is 5.38. The first-order chi connectivity index (χ1) is 8.23. The molecule has 17 heavy (non-hydrogen) atoms. The van der Waals surface area contributed by atoms with E-state index in [1.165, 1.54) is 39.2 Å². The van der Waals surface area contributed by atoms with Gasteiger partial charge in [-0.1, -0.05) is 32.1 Å². The Kier molecular flexibility index (Phi) is 4.08. The molecule has 2 rings (SSSR count). The number of esters is 1. The number of hydrogen-bond acceptors (Lipinski definition) is 3. The Morgan fingerprint density at radius 1 is 1.24 bits per heavy atom. The summed E-state index contributed by atoms with van der Waals surface area (Å²) < 4.78 is 5.03. The molecule has 2 aliphatic carbocycles. The maximum atomic E-state index is 12.1. The van der Waals surface area contributed by atoms with Gasteiger partial charge in [-0.25, -0.2) is 0 Å². The van der Waals surface area contributed by atoms with E-state index in [1.54, 1.807) is 0 Å². The van der Waals surface area contributed by atoms with Gasteiger partial charge in [0, 0.05) is 6.54 Å². The van der Waals surface area contributed by atoms with E-state index in [0.717, 1.165) is 19.3 Å². The van der Waals surface area contributed by atoms with Gasteiger partial charge >= 0.3 is 5.97 Å². The van der Waals surface area contributed by atoms with Gasteiger partial charge in [-0.3, -0.25) is 4.79 Å². The summed E-state index contributed by atoms with van der Waals surface area (Å²) in [6.07, 6.45) is 9.79. The third-order valence-corrected chi connectivity index (χ3v) is 4.69. The number of nitrogens with two attached hydrogens (primary N) is 1. The minimum absolute atomic E-state index is 0.0620. The van der Waals surface area contributed by atoms with Crippen molar-refractivity contribution in [1.29, 1.82) is 0 Å². The molecule has 0 radical (unpaired) electrons. The first-order valence-corrected chi connectivity index (χ1v) is 7.01. The summed E-state index contributed by atoms with van der Waals surface area (Å²) in [6.45, 7) is 0.459. The first kappa shape index (κ1) is 12.9. The molecule has 2 fully saturated rings. The molecule has 0 aromatic carbocycles. The molecule has 3 nitrogen and oxygen atoms in total. The molecule has 0 bridgehead atoms. The zero-order chi connectivity index (χ0) is 12.3. The van der Waals surface area contributed by atoms with E-state index in [1.807, 2.05) is 0 Å². The molecule has 0 spiro atoms. The Bertz CT molecular complexity index is 269. The fourth-order valence-corrected chi connectivity index (χ4v) is 3.50. The van der Waals surface area contributed by atoms with Crippen molar-refractivity contribution in [1.82, 2.24) is 0 Å². The minimum atomic E-state index is -0.364. The average molecular weight is 239 g/mol. The van der Waals surface area contributed by atoms with Crippen LogP contribution in [0.5, 0.6) is 0 Å². The lowest BCUT2D eigenvalue weighted by molar-refractivity contribution is -0.155. The Hall–Kier alpha value is -0.570. The fraction of sp³-hybridized carbons (Fsp3) is 0.929. The molecule has 1 atom stereocenters. The lowest BCUT2D eigenvalue weighted by Gasteiger charge is -2.35. The second-order valence-electron chi connectivity index (χ2n) is 5.83. The van der Waals surface area contributed by atoms with Gasteiger partial charge in [-0.15, -0.1) is 0 Å². The predicted octanol–water partition coefficient (Wildman–Crippen LogP) is 2.48. The van der Waals surface area contributed by atoms with Crippen molar-refractivity contribution >= 4 is 5.97 Å². The maximum Gasteiger partial charge on any atom is 0.313 e. The molecule has 2 saturated carbocycles.